The maximum Gasteiger partial charge on any atom is 0.160 e. The third-order valence-electron chi connectivity index (χ3n) is 6.07. The second kappa shape index (κ2) is 12.2. The lowest BCUT2D eigenvalue weighted by Gasteiger charge is -2.22. The van der Waals surface area contributed by atoms with Crippen molar-refractivity contribution in [1.29, 1.82) is 0 Å². The number of hydrogen-bond acceptors (Lipinski definition) is 7. The van der Waals surface area contributed by atoms with Crippen LogP contribution in [0, 0.1) is 11.8 Å². The Morgan fingerprint density at radius 1 is 1.17 bits per heavy atom. The van der Waals surface area contributed by atoms with E-state index in [0.717, 1.165) is 61.5 Å². The molecule has 2 N–H and O–H groups in total. The van der Waals surface area contributed by atoms with Gasteiger partial charge in [-0.1, -0.05) is 26.0 Å². The summed E-state index contributed by atoms with van der Waals surface area (Å²) in [6.45, 7) is 7.56. The average Bonchev–Trinajstić information content (AvgIpc) is 3.31. The number of ether oxygens (including phenoxy) is 2. The summed E-state index contributed by atoms with van der Waals surface area (Å²) >= 11 is 0. The fraction of sp³-hybridized carbons (Fsp3) is 0.519. The highest BCUT2D eigenvalue weighted by Gasteiger charge is 2.18. The minimum absolute atomic E-state index is 0.217. The Bertz CT molecular complexity index is 1080. The molecule has 1 unspecified atom stereocenters. The van der Waals surface area contributed by atoms with Gasteiger partial charge in [0.2, 0.25) is 0 Å². The molecular formula is C27H37N5O3. The Kier molecular flexibility index (Phi) is 8.84. The van der Waals surface area contributed by atoms with E-state index >= 15 is 0 Å². The molecule has 0 amide bonds. The van der Waals surface area contributed by atoms with Crippen LogP contribution in [0.5, 0.6) is 5.75 Å². The van der Waals surface area contributed by atoms with Crippen molar-refractivity contribution in [3.05, 3.63) is 48.4 Å². The molecule has 1 fully saturated rings. The van der Waals surface area contributed by atoms with Gasteiger partial charge < -0.3 is 19.9 Å². The van der Waals surface area contributed by atoms with Crippen LogP contribution in [0.2, 0.25) is 0 Å². The molecule has 8 heteroatoms. The monoisotopic (exact) mass is 479 g/mol. The number of likely N-dealkylation sites (N-methyl/N-ethyl adjacent to an activating group) is 1. The van der Waals surface area contributed by atoms with Crippen LogP contribution in [0.15, 0.2) is 42.7 Å². The molecule has 1 atom stereocenters. The number of nitrogens with one attached hydrogen (secondary N) is 1. The van der Waals surface area contributed by atoms with E-state index in [0.29, 0.717) is 30.0 Å². The van der Waals surface area contributed by atoms with Gasteiger partial charge in [0.15, 0.2) is 5.82 Å². The van der Waals surface area contributed by atoms with Gasteiger partial charge in [0.25, 0.3) is 0 Å². The number of rotatable bonds is 11. The molecule has 0 bridgehead atoms. The lowest BCUT2D eigenvalue weighted by Crippen LogP contribution is -2.29. The second-order valence-electron chi connectivity index (χ2n) is 9.72. The molecule has 0 spiro atoms. The summed E-state index contributed by atoms with van der Waals surface area (Å²) in [4.78, 5) is 9.87. The molecule has 0 saturated carbocycles. The lowest BCUT2D eigenvalue weighted by molar-refractivity contribution is 0.0663. The summed E-state index contributed by atoms with van der Waals surface area (Å²) in [6, 6.07) is 9.86. The molecular weight excluding hydrogens is 442 g/mol. The highest BCUT2D eigenvalue weighted by molar-refractivity contribution is 5.64. The number of nitrogens with zero attached hydrogens (tertiary/aromatic N) is 4. The maximum atomic E-state index is 9.98. The zero-order chi connectivity index (χ0) is 24.6. The zero-order valence-electron chi connectivity index (χ0n) is 21.0. The fourth-order valence-electron chi connectivity index (χ4n) is 4.31. The largest absolute Gasteiger partial charge is 0.491 e. The van der Waals surface area contributed by atoms with Gasteiger partial charge in [-0.15, -0.1) is 0 Å². The lowest BCUT2D eigenvalue weighted by atomic mass is 9.94. The van der Waals surface area contributed by atoms with Crippen LogP contribution in [-0.4, -0.2) is 64.4 Å². The van der Waals surface area contributed by atoms with E-state index in [2.05, 4.69) is 36.5 Å². The van der Waals surface area contributed by atoms with Crippen molar-refractivity contribution in [3.8, 4) is 28.4 Å². The van der Waals surface area contributed by atoms with Gasteiger partial charge in [-0.2, -0.15) is 5.10 Å². The molecule has 1 saturated heterocycles. The molecule has 35 heavy (non-hydrogen) atoms. The van der Waals surface area contributed by atoms with Crippen molar-refractivity contribution < 1.29 is 14.6 Å². The number of aliphatic hydroxyl groups is 1. The minimum Gasteiger partial charge on any atom is -0.491 e. The average molecular weight is 480 g/mol. The van der Waals surface area contributed by atoms with Gasteiger partial charge in [0.05, 0.1) is 11.9 Å². The van der Waals surface area contributed by atoms with Crippen molar-refractivity contribution in [1.82, 2.24) is 25.1 Å². The van der Waals surface area contributed by atoms with Crippen molar-refractivity contribution in [2.45, 2.75) is 45.8 Å². The van der Waals surface area contributed by atoms with Gasteiger partial charge in [-0.3, -0.25) is 4.68 Å². The Labute approximate surface area is 207 Å². The van der Waals surface area contributed by atoms with Gasteiger partial charge in [0, 0.05) is 49.3 Å². The van der Waals surface area contributed by atoms with Crippen LogP contribution >= 0.6 is 0 Å². The Morgan fingerprint density at radius 3 is 2.77 bits per heavy atom. The number of benzene rings is 1. The molecule has 8 nitrogen and oxygen atoms in total. The predicted octanol–water partition coefficient (Wildman–Crippen LogP) is 3.59. The first-order valence-corrected chi connectivity index (χ1v) is 12.5. The van der Waals surface area contributed by atoms with Crippen LogP contribution in [0.1, 0.15) is 32.4 Å². The summed E-state index contributed by atoms with van der Waals surface area (Å²) in [6.07, 6.45) is 6.39. The quantitative estimate of drug-likeness (QED) is 0.434. The Balaban J connectivity index is 1.62. The molecule has 1 aromatic carbocycles. The van der Waals surface area contributed by atoms with Gasteiger partial charge in [0.1, 0.15) is 18.5 Å². The van der Waals surface area contributed by atoms with Crippen LogP contribution in [0.25, 0.3) is 22.6 Å². The van der Waals surface area contributed by atoms with Crippen LogP contribution < -0.4 is 10.1 Å². The van der Waals surface area contributed by atoms with Crippen LogP contribution in [0.3, 0.4) is 0 Å². The summed E-state index contributed by atoms with van der Waals surface area (Å²) < 4.78 is 13.3. The van der Waals surface area contributed by atoms with Gasteiger partial charge in [-0.05, 0) is 56.3 Å². The first-order chi connectivity index (χ1) is 17.0. The van der Waals surface area contributed by atoms with E-state index in [1.54, 1.807) is 7.05 Å². The standard InChI is InChI=1S/C27H37N5O3/c1-19(2)16-32-17-22(14-29-32)26-13-23(11-20-7-9-34-10-8-20)30-27(31-26)21-5-4-6-25(12-21)35-18-24(33)15-28-3/h4-6,12-14,17,19-20,24,28,33H,7-11,15-16,18H2,1-3H3. The zero-order valence-corrected chi connectivity index (χ0v) is 21.0. The molecule has 2 aromatic heterocycles. The smallest absolute Gasteiger partial charge is 0.160 e. The van der Waals surface area contributed by atoms with Crippen molar-refractivity contribution in [2.24, 2.45) is 11.8 Å². The van der Waals surface area contributed by atoms with Crippen molar-refractivity contribution in [3.63, 3.8) is 0 Å². The summed E-state index contributed by atoms with van der Waals surface area (Å²) in [5, 5.41) is 17.5. The minimum atomic E-state index is -0.573. The molecule has 1 aliphatic heterocycles. The highest BCUT2D eigenvalue weighted by atomic mass is 16.5. The van der Waals surface area contributed by atoms with E-state index in [-0.39, 0.29) is 6.61 Å². The number of aliphatic hydroxyl groups excluding tert-OH is 1. The first kappa shape index (κ1) is 25.3. The summed E-state index contributed by atoms with van der Waals surface area (Å²) in [7, 11) is 1.80. The van der Waals surface area contributed by atoms with E-state index in [9.17, 15) is 5.11 Å². The van der Waals surface area contributed by atoms with Crippen molar-refractivity contribution in [2.75, 3.05) is 33.4 Å². The normalized spacial score (nSPS) is 15.5. The number of aromatic nitrogens is 4. The van der Waals surface area contributed by atoms with E-state index in [1.807, 2.05) is 35.1 Å². The molecule has 188 valence electrons. The topological polar surface area (TPSA) is 94.3 Å². The van der Waals surface area contributed by atoms with E-state index in [4.69, 9.17) is 19.4 Å². The van der Waals surface area contributed by atoms with Crippen LogP contribution in [-0.2, 0) is 17.7 Å². The summed E-state index contributed by atoms with van der Waals surface area (Å²) in [5.74, 6) is 2.43. The fourth-order valence-corrected chi connectivity index (χ4v) is 4.31. The third-order valence-corrected chi connectivity index (χ3v) is 6.07. The summed E-state index contributed by atoms with van der Waals surface area (Å²) in [5.41, 5.74) is 3.78. The van der Waals surface area contributed by atoms with Gasteiger partial charge in [-0.25, -0.2) is 9.97 Å². The maximum absolute atomic E-state index is 9.98. The molecule has 0 radical (unpaired) electrons. The SMILES string of the molecule is CNCC(O)COc1cccc(-c2nc(CC3CCOCC3)cc(-c3cnn(CC(C)C)c3)n2)c1. The van der Waals surface area contributed by atoms with E-state index in [1.165, 1.54) is 0 Å². The molecule has 4 rings (SSSR count). The third kappa shape index (κ3) is 7.34. The molecule has 3 aromatic rings. The highest BCUT2D eigenvalue weighted by Crippen LogP contribution is 2.27. The number of hydrogen-bond donors (Lipinski definition) is 2. The molecule has 0 aliphatic carbocycles. The Hall–Kier alpha value is -2.81. The molecule has 3 heterocycles. The van der Waals surface area contributed by atoms with Gasteiger partial charge >= 0.3 is 0 Å². The van der Waals surface area contributed by atoms with E-state index < -0.39 is 6.10 Å². The predicted molar refractivity (Wildman–Crippen MR) is 136 cm³/mol. The van der Waals surface area contributed by atoms with Crippen LogP contribution in [0.4, 0.5) is 0 Å². The first-order valence-electron chi connectivity index (χ1n) is 12.5. The molecule has 1 aliphatic rings. The van der Waals surface area contributed by atoms with Crippen molar-refractivity contribution >= 4 is 0 Å². The second-order valence-corrected chi connectivity index (χ2v) is 9.72. The Morgan fingerprint density at radius 2 is 2.00 bits per heavy atom.